The first kappa shape index (κ1) is 14.3. The molecule has 0 aromatic carbocycles. The Labute approximate surface area is 120 Å². The van der Waals surface area contributed by atoms with E-state index < -0.39 is 0 Å². The minimum atomic E-state index is 0.501. The highest BCUT2D eigenvalue weighted by Gasteiger charge is 2.04. The smallest absolute Gasteiger partial charge is 0.145 e. The molecule has 0 aliphatic carbocycles. The molecule has 20 heavy (non-hydrogen) atoms. The zero-order valence-electron chi connectivity index (χ0n) is 12.0. The van der Waals surface area contributed by atoms with E-state index in [0.29, 0.717) is 18.2 Å². The van der Waals surface area contributed by atoms with E-state index in [4.69, 9.17) is 5.26 Å². The summed E-state index contributed by atoms with van der Waals surface area (Å²) in [5.74, 6) is 0.658. The van der Waals surface area contributed by atoms with Crippen molar-refractivity contribution in [2.75, 3.05) is 6.54 Å². The van der Waals surface area contributed by atoms with Crippen molar-refractivity contribution >= 4 is 0 Å². The molecule has 0 saturated heterocycles. The maximum Gasteiger partial charge on any atom is 0.145 e. The molecule has 2 aromatic rings. The molecular formula is C16H20N4. The number of nitriles is 1. The zero-order chi connectivity index (χ0) is 14.4. The van der Waals surface area contributed by atoms with Crippen LogP contribution in [0.15, 0.2) is 36.8 Å². The van der Waals surface area contributed by atoms with Gasteiger partial charge in [-0.3, -0.25) is 0 Å². The highest BCUT2D eigenvalue weighted by atomic mass is 14.9. The van der Waals surface area contributed by atoms with Crippen LogP contribution in [0.2, 0.25) is 0 Å². The van der Waals surface area contributed by atoms with Crippen LogP contribution in [0.1, 0.15) is 30.7 Å². The van der Waals surface area contributed by atoms with Gasteiger partial charge in [0.15, 0.2) is 0 Å². The first-order valence-corrected chi connectivity index (χ1v) is 6.88. The Kier molecular flexibility index (Phi) is 4.91. The maximum atomic E-state index is 9.04. The molecule has 4 nitrogen and oxygen atoms in total. The van der Waals surface area contributed by atoms with Gasteiger partial charge in [0.05, 0.1) is 0 Å². The van der Waals surface area contributed by atoms with E-state index in [1.807, 2.05) is 18.3 Å². The van der Waals surface area contributed by atoms with E-state index >= 15 is 0 Å². The fourth-order valence-corrected chi connectivity index (χ4v) is 2.06. The Morgan fingerprint density at radius 1 is 1.40 bits per heavy atom. The standard InChI is InChI=1S/C16H20N4/c1-13(2)9-18-10-14-5-7-20(11-14)12-15-4-3-6-19-16(15)8-17/h3-7,11,13,18H,9-10,12H2,1-2H3. The molecule has 2 rings (SSSR count). The molecule has 2 heterocycles. The highest BCUT2D eigenvalue weighted by Crippen LogP contribution is 2.09. The van der Waals surface area contributed by atoms with E-state index in [9.17, 15) is 0 Å². The normalized spacial score (nSPS) is 10.7. The van der Waals surface area contributed by atoms with Crippen LogP contribution < -0.4 is 5.32 Å². The summed E-state index contributed by atoms with van der Waals surface area (Å²) in [4.78, 5) is 4.08. The Morgan fingerprint density at radius 3 is 3.00 bits per heavy atom. The third kappa shape index (κ3) is 3.94. The van der Waals surface area contributed by atoms with Crippen LogP contribution in [-0.4, -0.2) is 16.1 Å². The van der Waals surface area contributed by atoms with Gasteiger partial charge in [0.25, 0.3) is 0 Å². The molecule has 0 radical (unpaired) electrons. The predicted molar refractivity (Wildman–Crippen MR) is 79.0 cm³/mol. The summed E-state index contributed by atoms with van der Waals surface area (Å²) in [6.45, 7) is 6.98. The average molecular weight is 268 g/mol. The summed E-state index contributed by atoms with van der Waals surface area (Å²) >= 11 is 0. The third-order valence-electron chi connectivity index (χ3n) is 3.04. The second-order valence-electron chi connectivity index (χ2n) is 5.34. The van der Waals surface area contributed by atoms with E-state index in [1.54, 1.807) is 6.20 Å². The lowest BCUT2D eigenvalue weighted by molar-refractivity contribution is 0.552. The van der Waals surface area contributed by atoms with Gasteiger partial charge in [-0.15, -0.1) is 0 Å². The minimum Gasteiger partial charge on any atom is -0.349 e. The number of hydrogen-bond donors (Lipinski definition) is 1. The Balaban J connectivity index is 1.97. The van der Waals surface area contributed by atoms with Gasteiger partial charge < -0.3 is 9.88 Å². The number of hydrogen-bond acceptors (Lipinski definition) is 3. The monoisotopic (exact) mass is 268 g/mol. The summed E-state index contributed by atoms with van der Waals surface area (Å²) in [5.41, 5.74) is 2.71. The number of nitrogens with one attached hydrogen (secondary N) is 1. The van der Waals surface area contributed by atoms with Crippen molar-refractivity contribution in [3.63, 3.8) is 0 Å². The summed E-state index contributed by atoms with van der Waals surface area (Å²) in [6.07, 6.45) is 5.81. The van der Waals surface area contributed by atoms with Crippen LogP contribution in [0.3, 0.4) is 0 Å². The van der Waals surface area contributed by atoms with Crippen molar-refractivity contribution in [1.82, 2.24) is 14.9 Å². The molecule has 0 saturated carbocycles. The van der Waals surface area contributed by atoms with Gasteiger partial charge in [-0.25, -0.2) is 4.98 Å². The lowest BCUT2D eigenvalue weighted by Gasteiger charge is -2.06. The van der Waals surface area contributed by atoms with Crippen molar-refractivity contribution in [2.24, 2.45) is 5.92 Å². The van der Waals surface area contributed by atoms with Crippen molar-refractivity contribution in [3.8, 4) is 6.07 Å². The topological polar surface area (TPSA) is 53.6 Å². The van der Waals surface area contributed by atoms with Crippen LogP contribution in [0, 0.1) is 17.2 Å². The lowest BCUT2D eigenvalue weighted by atomic mass is 10.2. The molecule has 0 atom stereocenters. The predicted octanol–water partition coefficient (Wildman–Crippen LogP) is 2.55. The summed E-state index contributed by atoms with van der Waals surface area (Å²) in [7, 11) is 0. The SMILES string of the molecule is CC(C)CNCc1ccn(Cc2cccnc2C#N)c1. The molecule has 0 aliphatic heterocycles. The first-order valence-electron chi connectivity index (χ1n) is 6.88. The molecule has 0 aliphatic rings. The molecule has 2 aromatic heterocycles. The van der Waals surface area contributed by atoms with Crippen LogP contribution in [0.4, 0.5) is 0 Å². The van der Waals surface area contributed by atoms with Gasteiger partial charge in [0.1, 0.15) is 11.8 Å². The van der Waals surface area contributed by atoms with Gasteiger partial charge in [-0.2, -0.15) is 5.26 Å². The molecule has 0 spiro atoms. The van der Waals surface area contributed by atoms with Crippen LogP contribution >= 0.6 is 0 Å². The Morgan fingerprint density at radius 2 is 2.25 bits per heavy atom. The highest BCUT2D eigenvalue weighted by molar-refractivity contribution is 5.31. The van der Waals surface area contributed by atoms with E-state index in [2.05, 4.69) is 47.0 Å². The summed E-state index contributed by atoms with van der Waals surface area (Å²) < 4.78 is 2.09. The molecule has 0 bridgehead atoms. The zero-order valence-corrected chi connectivity index (χ0v) is 12.0. The largest absolute Gasteiger partial charge is 0.349 e. The Hall–Kier alpha value is -2.12. The number of aromatic nitrogens is 2. The van der Waals surface area contributed by atoms with Crippen molar-refractivity contribution < 1.29 is 0 Å². The summed E-state index contributed by atoms with van der Waals surface area (Å²) in [6, 6.07) is 8.05. The first-order chi connectivity index (χ1) is 9.69. The van der Waals surface area contributed by atoms with Gasteiger partial charge in [-0.05, 0) is 30.2 Å². The van der Waals surface area contributed by atoms with E-state index in [1.165, 1.54) is 5.56 Å². The van der Waals surface area contributed by atoms with Crippen LogP contribution in [-0.2, 0) is 13.1 Å². The lowest BCUT2D eigenvalue weighted by Crippen LogP contribution is -2.18. The fraction of sp³-hybridized carbons (Fsp3) is 0.375. The second-order valence-corrected chi connectivity index (χ2v) is 5.34. The molecular weight excluding hydrogens is 248 g/mol. The van der Waals surface area contributed by atoms with Crippen molar-refractivity contribution in [2.45, 2.75) is 26.9 Å². The fourth-order valence-electron chi connectivity index (χ4n) is 2.06. The van der Waals surface area contributed by atoms with Crippen molar-refractivity contribution in [3.05, 3.63) is 53.6 Å². The van der Waals surface area contributed by atoms with Crippen LogP contribution in [0.25, 0.3) is 0 Å². The van der Waals surface area contributed by atoms with Gasteiger partial charge in [0.2, 0.25) is 0 Å². The second kappa shape index (κ2) is 6.88. The molecule has 0 fully saturated rings. The number of nitrogens with zero attached hydrogens (tertiary/aromatic N) is 3. The minimum absolute atomic E-state index is 0.501. The average Bonchev–Trinajstić information content (AvgIpc) is 2.86. The van der Waals surface area contributed by atoms with E-state index in [-0.39, 0.29) is 0 Å². The van der Waals surface area contributed by atoms with Gasteiger partial charge in [0, 0.05) is 37.2 Å². The molecule has 0 amide bonds. The van der Waals surface area contributed by atoms with E-state index in [0.717, 1.165) is 18.7 Å². The van der Waals surface area contributed by atoms with Gasteiger partial charge in [-0.1, -0.05) is 19.9 Å². The third-order valence-corrected chi connectivity index (χ3v) is 3.04. The molecule has 4 heteroatoms. The molecule has 1 N–H and O–H groups in total. The van der Waals surface area contributed by atoms with Gasteiger partial charge >= 0.3 is 0 Å². The molecule has 0 unspecified atom stereocenters. The quantitative estimate of drug-likeness (QED) is 0.876. The summed E-state index contributed by atoms with van der Waals surface area (Å²) in [5, 5.41) is 12.5. The Bertz CT molecular complexity index is 593. The number of pyridine rings is 1. The molecule has 104 valence electrons. The van der Waals surface area contributed by atoms with Crippen LogP contribution in [0.5, 0.6) is 0 Å². The van der Waals surface area contributed by atoms with Crippen molar-refractivity contribution in [1.29, 1.82) is 5.26 Å². The number of rotatable bonds is 6. The maximum absolute atomic E-state index is 9.04.